The van der Waals surface area contributed by atoms with E-state index < -0.39 is 0 Å². The standard InChI is InChI=1S/C14H20N2O3/c1-14(5-7-15-8-6-14)16-13(18)11-9-10(19-2)3-4-12(11)17/h3-4,9,15,17H,5-8H2,1-2H3,(H,16,18). The summed E-state index contributed by atoms with van der Waals surface area (Å²) in [6.45, 7) is 3.81. The molecule has 0 spiro atoms. The Balaban J connectivity index is 2.15. The van der Waals surface area contributed by atoms with Gasteiger partial charge in [-0.05, 0) is 51.1 Å². The van der Waals surface area contributed by atoms with Crippen LogP contribution in [0.5, 0.6) is 11.5 Å². The number of amides is 1. The molecule has 1 aromatic rings. The number of ether oxygens (including phenoxy) is 1. The lowest BCUT2D eigenvalue weighted by atomic mass is 9.90. The molecule has 3 N–H and O–H groups in total. The highest BCUT2D eigenvalue weighted by Crippen LogP contribution is 2.24. The van der Waals surface area contributed by atoms with E-state index in [1.165, 1.54) is 13.2 Å². The van der Waals surface area contributed by atoms with Crippen molar-refractivity contribution < 1.29 is 14.6 Å². The second-order valence-corrected chi connectivity index (χ2v) is 5.15. The summed E-state index contributed by atoms with van der Waals surface area (Å²) in [5, 5.41) is 16.1. The van der Waals surface area contributed by atoms with Crippen LogP contribution >= 0.6 is 0 Å². The number of phenolic OH excluding ortho intramolecular Hbond substituents is 1. The lowest BCUT2D eigenvalue weighted by molar-refractivity contribution is 0.0884. The fourth-order valence-corrected chi connectivity index (χ4v) is 2.27. The van der Waals surface area contributed by atoms with Crippen molar-refractivity contribution in [3.63, 3.8) is 0 Å². The highest BCUT2D eigenvalue weighted by molar-refractivity contribution is 5.97. The molecule has 0 bridgehead atoms. The zero-order valence-corrected chi connectivity index (χ0v) is 11.3. The molecule has 0 aliphatic carbocycles. The molecule has 1 aliphatic heterocycles. The van der Waals surface area contributed by atoms with Gasteiger partial charge in [-0.1, -0.05) is 0 Å². The summed E-state index contributed by atoms with van der Waals surface area (Å²) in [5.74, 6) is 0.259. The quantitative estimate of drug-likeness (QED) is 0.769. The summed E-state index contributed by atoms with van der Waals surface area (Å²) in [7, 11) is 1.53. The lowest BCUT2D eigenvalue weighted by Gasteiger charge is -2.35. The van der Waals surface area contributed by atoms with Gasteiger partial charge in [0.15, 0.2) is 0 Å². The molecule has 1 amide bonds. The van der Waals surface area contributed by atoms with Crippen molar-refractivity contribution >= 4 is 5.91 Å². The number of carbonyl (C=O) groups excluding carboxylic acids is 1. The van der Waals surface area contributed by atoms with Gasteiger partial charge in [0.1, 0.15) is 11.5 Å². The first-order chi connectivity index (χ1) is 9.04. The van der Waals surface area contributed by atoms with E-state index in [1.807, 2.05) is 6.92 Å². The highest BCUT2D eigenvalue weighted by Gasteiger charge is 2.29. The van der Waals surface area contributed by atoms with Crippen LogP contribution in [0.15, 0.2) is 18.2 Å². The second kappa shape index (κ2) is 5.48. The van der Waals surface area contributed by atoms with Crippen molar-refractivity contribution in [2.24, 2.45) is 0 Å². The first-order valence-electron chi connectivity index (χ1n) is 6.44. The molecular weight excluding hydrogens is 244 g/mol. The number of methoxy groups -OCH3 is 1. The van der Waals surface area contributed by atoms with Gasteiger partial charge in [-0.3, -0.25) is 4.79 Å². The maximum atomic E-state index is 12.3. The van der Waals surface area contributed by atoms with Gasteiger partial charge in [-0.15, -0.1) is 0 Å². The summed E-state index contributed by atoms with van der Waals surface area (Å²) in [6, 6.07) is 4.64. The molecule has 0 radical (unpaired) electrons. The lowest BCUT2D eigenvalue weighted by Crippen LogP contribution is -2.52. The first kappa shape index (κ1) is 13.7. The van der Waals surface area contributed by atoms with Gasteiger partial charge >= 0.3 is 0 Å². The van der Waals surface area contributed by atoms with E-state index in [-0.39, 0.29) is 22.8 Å². The molecule has 5 heteroatoms. The minimum atomic E-state index is -0.263. The van der Waals surface area contributed by atoms with Crippen LogP contribution in [0.25, 0.3) is 0 Å². The second-order valence-electron chi connectivity index (χ2n) is 5.15. The maximum absolute atomic E-state index is 12.3. The Morgan fingerprint density at radius 3 is 2.74 bits per heavy atom. The topological polar surface area (TPSA) is 70.6 Å². The van der Waals surface area contributed by atoms with E-state index in [0.29, 0.717) is 5.75 Å². The molecule has 1 fully saturated rings. The van der Waals surface area contributed by atoms with E-state index in [4.69, 9.17) is 4.74 Å². The van der Waals surface area contributed by atoms with Gasteiger partial charge in [0.05, 0.1) is 12.7 Å². The van der Waals surface area contributed by atoms with Gasteiger partial charge in [0, 0.05) is 5.54 Å². The van der Waals surface area contributed by atoms with Crippen LogP contribution in [0.4, 0.5) is 0 Å². The number of hydrogen-bond donors (Lipinski definition) is 3. The van der Waals surface area contributed by atoms with Crippen LogP contribution in [-0.2, 0) is 0 Å². The molecular formula is C14H20N2O3. The molecule has 0 saturated carbocycles. The summed E-state index contributed by atoms with van der Waals surface area (Å²) >= 11 is 0. The zero-order valence-electron chi connectivity index (χ0n) is 11.3. The fourth-order valence-electron chi connectivity index (χ4n) is 2.27. The molecule has 1 aliphatic rings. The molecule has 0 aromatic heterocycles. The number of carbonyl (C=O) groups is 1. The average Bonchev–Trinajstić information content (AvgIpc) is 2.39. The summed E-state index contributed by atoms with van der Waals surface area (Å²) < 4.78 is 5.07. The zero-order chi connectivity index (χ0) is 13.9. The van der Waals surface area contributed by atoms with E-state index in [9.17, 15) is 9.90 Å². The predicted molar refractivity (Wildman–Crippen MR) is 72.6 cm³/mol. The van der Waals surface area contributed by atoms with E-state index in [2.05, 4.69) is 10.6 Å². The predicted octanol–water partition coefficient (Wildman–Crippen LogP) is 1.27. The molecule has 2 rings (SSSR count). The monoisotopic (exact) mass is 264 g/mol. The van der Waals surface area contributed by atoms with Gasteiger partial charge in [-0.2, -0.15) is 0 Å². The third-order valence-corrected chi connectivity index (χ3v) is 3.57. The summed E-state index contributed by atoms with van der Waals surface area (Å²) in [4.78, 5) is 12.3. The number of hydrogen-bond acceptors (Lipinski definition) is 4. The van der Waals surface area contributed by atoms with Crippen LogP contribution in [0.1, 0.15) is 30.1 Å². The Bertz CT molecular complexity index is 468. The van der Waals surface area contributed by atoms with Crippen molar-refractivity contribution in [1.82, 2.24) is 10.6 Å². The molecule has 0 unspecified atom stereocenters. The minimum absolute atomic E-state index is 0.0316. The molecule has 1 aromatic carbocycles. The van der Waals surface area contributed by atoms with Crippen molar-refractivity contribution in [3.05, 3.63) is 23.8 Å². The molecule has 5 nitrogen and oxygen atoms in total. The fraction of sp³-hybridized carbons (Fsp3) is 0.500. The molecule has 0 atom stereocenters. The van der Waals surface area contributed by atoms with Crippen molar-refractivity contribution in [3.8, 4) is 11.5 Å². The summed E-state index contributed by atoms with van der Waals surface area (Å²) in [6.07, 6.45) is 1.76. The largest absolute Gasteiger partial charge is 0.507 e. The molecule has 1 saturated heterocycles. The van der Waals surface area contributed by atoms with Gasteiger partial charge in [0.2, 0.25) is 0 Å². The van der Waals surface area contributed by atoms with E-state index in [0.717, 1.165) is 25.9 Å². The first-order valence-corrected chi connectivity index (χ1v) is 6.44. The minimum Gasteiger partial charge on any atom is -0.507 e. The molecule has 104 valence electrons. The number of benzene rings is 1. The smallest absolute Gasteiger partial charge is 0.255 e. The van der Waals surface area contributed by atoms with Crippen molar-refractivity contribution in [2.75, 3.05) is 20.2 Å². The number of aromatic hydroxyl groups is 1. The normalized spacial score (nSPS) is 17.8. The highest BCUT2D eigenvalue weighted by atomic mass is 16.5. The summed E-state index contributed by atoms with van der Waals surface area (Å²) in [5.41, 5.74) is 0.0248. The molecule has 19 heavy (non-hydrogen) atoms. The van der Waals surface area contributed by atoms with Gasteiger partial charge < -0.3 is 20.5 Å². The Morgan fingerprint density at radius 2 is 2.11 bits per heavy atom. The third-order valence-electron chi connectivity index (χ3n) is 3.57. The average molecular weight is 264 g/mol. The van der Waals surface area contributed by atoms with E-state index >= 15 is 0 Å². The van der Waals surface area contributed by atoms with Crippen molar-refractivity contribution in [2.45, 2.75) is 25.3 Å². The third kappa shape index (κ3) is 3.17. The van der Waals surface area contributed by atoms with E-state index in [1.54, 1.807) is 12.1 Å². The van der Waals surface area contributed by atoms with Crippen LogP contribution < -0.4 is 15.4 Å². The van der Waals surface area contributed by atoms with Gasteiger partial charge in [-0.25, -0.2) is 0 Å². The van der Waals surface area contributed by atoms with Crippen LogP contribution in [0.2, 0.25) is 0 Å². The SMILES string of the molecule is COc1ccc(O)c(C(=O)NC2(C)CCNCC2)c1. The number of rotatable bonds is 3. The Kier molecular flexibility index (Phi) is 3.95. The van der Waals surface area contributed by atoms with Crippen LogP contribution in [0.3, 0.4) is 0 Å². The van der Waals surface area contributed by atoms with Crippen LogP contribution in [-0.4, -0.2) is 36.8 Å². The number of piperidine rings is 1. The van der Waals surface area contributed by atoms with Crippen molar-refractivity contribution in [1.29, 1.82) is 0 Å². The number of phenols is 1. The Morgan fingerprint density at radius 1 is 1.42 bits per heavy atom. The maximum Gasteiger partial charge on any atom is 0.255 e. The Labute approximate surface area is 113 Å². The number of nitrogens with one attached hydrogen (secondary N) is 2. The molecule has 1 heterocycles. The van der Waals surface area contributed by atoms with Crippen LogP contribution in [0, 0.1) is 0 Å². The Hall–Kier alpha value is -1.75. The van der Waals surface area contributed by atoms with Gasteiger partial charge in [0.25, 0.3) is 5.91 Å².